The Morgan fingerprint density at radius 3 is 1.91 bits per heavy atom. The Bertz CT molecular complexity index is 1140. The third-order valence-corrected chi connectivity index (χ3v) is 22.5. The first-order valence-electron chi connectivity index (χ1n) is 18.4. The van der Waals surface area contributed by atoms with E-state index in [1.807, 2.05) is 19.1 Å². The van der Waals surface area contributed by atoms with E-state index in [1.165, 1.54) is 0 Å². The third kappa shape index (κ3) is 11.3. The molecule has 1 aliphatic heterocycles. The second-order valence-electron chi connectivity index (χ2n) is 14.1. The number of aliphatic hydroxyl groups excluding tert-OH is 1. The highest BCUT2D eigenvalue weighted by Gasteiger charge is 2.42. The highest BCUT2D eigenvalue weighted by Crippen LogP contribution is 2.37. The lowest BCUT2D eigenvalue weighted by molar-refractivity contribution is -0.134. The highest BCUT2D eigenvalue weighted by atomic mass is 32.2. The van der Waals surface area contributed by atoms with Gasteiger partial charge in [-0.3, -0.25) is 0 Å². The zero-order chi connectivity index (χ0) is 35.4. The fourth-order valence-electron chi connectivity index (χ4n) is 7.33. The zero-order valence-electron chi connectivity index (χ0n) is 31.4. The SMILES string of the molecule is CC[Si](CC)(CC)OC(CCS(=O)(=O)c1ccccc1)[C@@H](C)[C@@H](O[Si](CC)(CC)CC)[C@@H](C)/C=C/[C@@H](O)[C@H](C)C1OC(OC)C[C@H]1C. The number of hydrogen-bond donors (Lipinski definition) is 1. The summed E-state index contributed by atoms with van der Waals surface area (Å²) in [6.45, 7) is 22.0. The minimum Gasteiger partial charge on any atom is -0.414 e. The standard InChI is InChI=1S/C37H68O7SSi2/c1-12-46(13-2,14-3)43-34(25-26-45(39,40)32-21-19-18-20-22-32)31(10)37(44-47(15-4,16-5)17-6)28(7)23-24-33(38)30(9)36-29(8)27-35(41-11)42-36/h18-24,28-31,33-38H,12-17,25-27H2,1-11H3/b24-23+/t28-,29+,30-,31+,33+,34?,35?,36?,37-/m0/s1. The van der Waals surface area contributed by atoms with Crippen LogP contribution in [0, 0.1) is 23.7 Å². The smallest absolute Gasteiger partial charge is 0.192 e. The Hall–Kier alpha value is -0.856. The van der Waals surface area contributed by atoms with Crippen LogP contribution in [0.25, 0.3) is 0 Å². The number of hydrogen-bond acceptors (Lipinski definition) is 7. The van der Waals surface area contributed by atoms with Crippen LogP contribution in [0.2, 0.25) is 36.3 Å². The Labute approximate surface area is 290 Å². The van der Waals surface area contributed by atoms with Gasteiger partial charge in [0.1, 0.15) is 0 Å². The van der Waals surface area contributed by atoms with E-state index in [2.05, 4.69) is 68.4 Å². The van der Waals surface area contributed by atoms with Gasteiger partial charge in [-0.15, -0.1) is 0 Å². The Kier molecular flexibility index (Phi) is 17.6. The zero-order valence-corrected chi connectivity index (χ0v) is 34.2. The fraction of sp³-hybridized carbons (Fsp3) is 0.784. The van der Waals surface area contributed by atoms with Crippen molar-refractivity contribution >= 4 is 26.5 Å². The third-order valence-electron chi connectivity index (χ3n) is 11.4. The largest absolute Gasteiger partial charge is 0.414 e. The van der Waals surface area contributed by atoms with Gasteiger partial charge in [-0.05, 0) is 66.7 Å². The van der Waals surface area contributed by atoms with Gasteiger partial charge in [-0.1, -0.05) is 99.6 Å². The second kappa shape index (κ2) is 19.5. The van der Waals surface area contributed by atoms with Gasteiger partial charge in [-0.2, -0.15) is 0 Å². The normalized spacial score (nSPS) is 23.4. The molecular weight excluding hydrogens is 645 g/mol. The van der Waals surface area contributed by atoms with Gasteiger partial charge in [-0.25, -0.2) is 8.42 Å². The molecule has 3 unspecified atom stereocenters. The van der Waals surface area contributed by atoms with E-state index in [4.69, 9.17) is 18.3 Å². The van der Waals surface area contributed by atoms with Gasteiger partial charge in [0.25, 0.3) is 0 Å². The topological polar surface area (TPSA) is 91.3 Å². The molecule has 1 heterocycles. The van der Waals surface area contributed by atoms with Gasteiger partial charge in [0, 0.05) is 25.4 Å². The number of benzene rings is 1. The van der Waals surface area contributed by atoms with E-state index in [1.54, 1.807) is 31.4 Å². The van der Waals surface area contributed by atoms with Crippen LogP contribution >= 0.6 is 0 Å². The molecule has 1 aliphatic rings. The van der Waals surface area contributed by atoms with Crippen LogP contribution in [0.3, 0.4) is 0 Å². The Morgan fingerprint density at radius 2 is 1.43 bits per heavy atom. The molecule has 1 aromatic carbocycles. The number of sulfone groups is 1. The molecule has 0 bridgehead atoms. The van der Waals surface area contributed by atoms with E-state index in [0.29, 0.717) is 17.2 Å². The molecule has 0 saturated carbocycles. The van der Waals surface area contributed by atoms with Crippen LogP contribution in [0.1, 0.15) is 82.1 Å². The van der Waals surface area contributed by atoms with Crippen molar-refractivity contribution in [3.8, 4) is 0 Å². The van der Waals surface area contributed by atoms with Crippen molar-refractivity contribution in [2.75, 3.05) is 12.9 Å². The number of ether oxygens (including phenoxy) is 2. The maximum Gasteiger partial charge on any atom is 0.192 e. The summed E-state index contributed by atoms with van der Waals surface area (Å²) in [6.07, 6.45) is 3.84. The van der Waals surface area contributed by atoms with Crippen molar-refractivity contribution in [1.82, 2.24) is 0 Å². The predicted octanol–water partition coefficient (Wildman–Crippen LogP) is 8.85. The van der Waals surface area contributed by atoms with Crippen LogP contribution in [0.15, 0.2) is 47.4 Å². The van der Waals surface area contributed by atoms with Crippen LogP contribution in [0.5, 0.6) is 0 Å². The summed E-state index contributed by atoms with van der Waals surface area (Å²) in [6, 6.07) is 14.8. The average molecular weight is 713 g/mol. The molecule has 10 heteroatoms. The molecule has 2 rings (SSSR count). The van der Waals surface area contributed by atoms with Gasteiger partial charge in [0.2, 0.25) is 0 Å². The summed E-state index contributed by atoms with van der Waals surface area (Å²) in [4.78, 5) is 0.357. The molecule has 47 heavy (non-hydrogen) atoms. The van der Waals surface area contributed by atoms with E-state index in [9.17, 15) is 13.5 Å². The van der Waals surface area contributed by atoms with E-state index < -0.39 is 32.6 Å². The highest BCUT2D eigenvalue weighted by molar-refractivity contribution is 7.91. The van der Waals surface area contributed by atoms with Crippen LogP contribution in [-0.2, 0) is 28.2 Å². The van der Waals surface area contributed by atoms with Crippen molar-refractivity contribution in [2.24, 2.45) is 23.7 Å². The first kappa shape index (κ1) is 42.3. The molecule has 7 nitrogen and oxygen atoms in total. The Balaban J connectivity index is 2.46. The van der Waals surface area contributed by atoms with Crippen LogP contribution in [-0.4, -0.2) is 73.7 Å². The summed E-state index contributed by atoms with van der Waals surface area (Å²) >= 11 is 0. The molecule has 1 fully saturated rings. The van der Waals surface area contributed by atoms with Crippen molar-refractivity contribution in [3.05, 3.63) is 42.5 Å². The second-order valence-corrected chi connectivity index (χ2v) is 25.6. The lowest BCUT2D eigenvalue weighted by Crippen LogP contribution is -2.50. The predicted molar refractivity (Wildman–Crippen MR) is 199 cm³/mol. The van der Waals surface area contributed by atoms with Gasteiger partial charge in [0.05, 0.1) is 35.1 Å². The quantitative estimate of drug-likeness (QED) is 0.0949. The molecule has 272 valence electrons. The van der Waals surface area contributed by atoms with Crippen molar-refractivity contribution in [2.45, 2.75) is 154 Å². The summed E-state index contributed by atoms with van der Waals surface area (Å²) in [5.74, 6) is 0.159. The summed E-state index contributed by atoms with van der Waals surface area (Å²) in [5, 5.41) is 11.3. The van der Waals surface area contributed by atoms with Gasteiger partial charge in [0.15, 0.2) is 32.8 Å². The van der Waals surface area contributed by atoms with Gasteiger partial charge >= 0.3 is 0 Å². The number of methoxy groups -OCH3 is 1. The number of rotatable bonds is 22. The van der Waals surface area contributed by atoms with Crippen molar-refractivity contribution in [1.29, 1.82) is 0 Å². The van der Waals surface area contributed by atoms with Crippen LogP contribution in [0.4, 0.5) is 0 Å². The van der Waals surface area contributed by atoms with E-state index in [-0.39, 0.29) is 48.1 Å². The molecular formula is C37H68O7SSi2. The molecule has 1 N–H and O–H groups in total. The number of aliphatic hydroxyl groups is 1. The lowest BCUT2D eigenvalue weighted by atomic mass is 9.86. The summed E-state index contributed by atoms with van der Waals surface area (Å²) < 4.78 is 53.0. The van der Waals surface area contributed by atoms with Crippen molar-refractivity contribution in [3.63, 3.8) is 0 Å². The maximum absolute atomic E-state index is 13.5. The average Bonchev–Trinajstić information content (AvgIpc) is 3.48. The summed E-state index contributed by atoms with van der Waals surface area (Å²) in [5.41, 5.74) is 0. The molecule has 9 atom stereocenters. The summed E-state index contributed by atoms with van der Waals surface area (Å²) in [7, 11) is -5.96. The Morgan fingerprint density at radius 1 is 0.894 bits per heavy atom. The van der Waals surface area contributed by atoms with Gasteiger partial charge < -0.3 is 23.4 Å². The monoisotopic (exact) mass is 712 g/mol. The van der Waals surface area contributed by atoms with Crippen LogP contribution < -0.4 is 0 Å². The minimum absolute atomic E-state index is 0.0187. The molecule has 0 aliphatic carbocycles. The first-order valence-corrected chi connectivity index (χ1v) is 25.1. The van der Waals surface area contributed by atoms with E-state index in [0.717, 1.165) is 42.7 Å². The molecule has 0 aromatic heterocycles. The molecule has 0 spiro atoms. The van der Waals surface area contributed by atoms with Crippen molar-refractivity contribution < 1.29 is 31.9 Å². The first-order chi connectivity index (χ1) is 22.2. The molecule has 1 aromatic rings. The minimum atomic E-state index is -3.47. The van der Waals surface area contributed by atoms with E-state index >= 15 is 0 Å². The maximum atomic E-state index is 13.5. The molecule has 0 amide bonds. The molecule has 1 saturated heterocycles. The lowest BCUT2D eigenvalue weighted by Gasteiger charge is -2.43. The fourth-order valence-corrected chi connectivity index (χ4v) is 14.7. The molecule has 0 radical (unpaired) electrons.